The molecule has 0 aliphatic rings. The molecular weight excluding hydrogens is 270 g/mol. The molecule has 0 spiro atoms. The monoisotopic (exact) mass is 295 g/mol. The first kappa shape index (κ1) is 19.1. The minimum absolute atomic E-state index is 0.226. The van der Waals surface area contributed by atoms with Gasteiger partial charge in [0, 0.05) is 0 Å². The van der Waals surface area contributed by atoms with Crippen LogP contribution in [0.2, 0.25) is 0 Å². The van der Waals surface area contributed by atoms with Gasteiger partial charge in [-0.2, -0.15) is 0 Å². The molecule has 0 aliphatic heterocycles. The van der Waals surface area contributed by atoms with Gasteiger partial charge in [0.25, 0.3) is 0 Å². The van der Waals surface area contributed by atoms with Crippen molar-refractivity contribution in [3.8, 4) is 0 Å². The third kappa shape index (κ3) is 7.46. The summed E-state index contributed by atoms with van der Waals surface area (Å²) in [7, 11) is 0. The summed E-state index contributed by atoms with van der Waals surface area (Å²) in [5.74, 6) is -1.45. The average Bonchev–Trinajstić information content (AvgIpc) is 2.39. The zero-order valence-electron chi connectivity index (χ0n) is 13.3. The van der Waals surface area contributed by atoms with Crippen molar-refractivity contribution in [1.29, 1.82) is 0 Å². The van der Waals surface area contributed by atoms with Gasteiger partial charge in [0.2, 0.25) is 0 Å². The zero-order chi connectivity index (χ0) is 16.6. The number of esters is 1. The molecule has 3 N–H and O–H groups in total. The highest BCUT2D eigenvalue weighted by Crippen LogP contribution is 2.13. The third-order valence-electron chi connectivity index (χ3n) is 2.36. The Morgan fingerprint density at radius 3 is 2.05 bits per heavy atom. The maximum atomic E-state index is 11.8. The molecule has 1 aromatic carbocycles. The van der Waals surface area contributed by atoms with Crippen molar-refractivity contribution >= 4 is 11.9 Å². The summed E-state index contributed by atoms with van der Waals surface area (Å²) in [6.45, 7) is 9.39. The molecule has 0 heterocycles. The molecule has 1 unspecified atom stereocenters. The molecule has 118 valence electrons. The summed E-state index contributed by atoms with van der Waals surface area (Å²) in [6, 6.07) is 5.65. The average molecular weight is 295 g/mol. The van der Waals surface area contributed by atoms with E-state index in [9.17, 15) is 9.59 Å². The highest BCUT2D eigenvalue weighted by Gasteiger charge is 2.18. The topological polar surface area (TPSA) is 89.6 Å². The molecular formula is C16H25NO4. The Morgan fingerprint density at radius 2 is 1.67 bits per heavy atom. The molecule has 5 heteroatoms. The summed E-state index contributed by atoms with van der Waals surface area (Å²) >= 11 is 0. The number of benzene rings is 1. The first-order valence-electron chi connectivity index (χ1n) is 7.00. The van der Waals surface area contributed by atoms with E-state index in [2.05, 4.69) is 0 Å². The molecule has 1 aromatic rings. The molecule has 0 saturated carbocycles. The zero-order valence-corrected chi connectivity index (χ0v) is 13.3. The van der Waals surface area contributed by atoms with Gasteiger partial charge in [-0.1, -0.05) is 26.0 Å². The minimum atomic E-state index is -1.05. The number of hydrogen-bond donors (Lipinski definition) is 2. The van der Waals surface area contributed by atoms with E-state index >= 15 is 0 Å². The summed E-state index contributed by atoms with van der Waals surface area (Å²) in [4.78, 5) is 22.4. The second kappa shape index (κ2) is 8.42. The van der Waals surface area contributed by atoms with E-state index in [1.807, 2.05) is 13.8 Å². The van der Waals surface area contributed by atoms with Crippen molar-refractivity contribution in [3.63, 3.8) is 0 Å². The lowest BCUT2D eigenvalue weighted by Gasteiger charge is -2.19. The van der Waals surface area contributed by atoms with E-state index in [1.165, 1.54) is 0 Å². The van der Waals surface area contributed by atoms with Crippen LogP contribution in [0.5, 0.6) is 0 Å². The van der Waals surface area contributed by atoms with Crippen molar-refractivity contribution in [2.24, 2.45) is 5.73 Å². The van der Waals surface area contributed by atoms with E-state index in [1.54, 1.807) is 45.0 Å². The van der Waals surface area contributed by atoms with Crippen LogP contribution in [-0.2, 0) is 16.0 Å². The van der Waals surface area contributed by atoms with Crippen LogP contribution in [-0.4, -0.2) is 28.7 Å². The Hall–Kier alpha value is -1.88. The second-order valence-corrected chi connectivity index (χ2v) is 5.35. The Kier molecular flexibility index (Phi) is 7.66. The van der Waals surface area contributed by atoms with Gasteiger partial charge < -0.3 is 15.6 Å². The van der Waals surface area contributed by atoms with Crippen LogP contribution in [0.1, 0.15) is 50.5 Å². The van der Waals surface area contributed by atoms with Crippen molar-refractivity contribution in [2.45, 2.75) is 52.7 Å². The third-order valence-corrected chi connectivity index (χ3v) is 2.36. The normalized spacial score (nSPS) is 11.9. The number of ether oxygens (including phenoxy) is 1. The van der Waals surface area contributed by atoms with Crippen molar-refractivity contribution < 1.29 is 19.4 Å². The van der Waals surface area contributed by atoms with Gasteiger partial charge in [-0.15, -0.1) is 0 Å². The smallest absolute Gasteiger partial charge is 0.338 e. The van der Waals surface area contributed by atoms with Crippen molar-refractivity contribution in [3.05, 3.63) is 35.4 Å². The fourth-order valence-corrected chi connectivity index (χ4v) is 1.46. The number of nitrogens with two attached hydrogens (primary N) is 1. The van der Waals surface area contributed by atoms with Gasteiger partial charge in [-0.3, -0.25) is 4.79 Å². The van der Waals surface area contributed by atoms with Crippen LogP contribution < -0.4 is 5.73 Å². The summed E-state index contributed by atoms with van der Waals surface area (Å²) in [5.41, 5.74) is 6.10. The molecule has 0 fully saturated rings. The predicted octanol–water partition coefficient (Wildman–Crippen LogP) is 2.62. The van der Waals surface area contributed by atoms with Crippen LogP contribution in [0.15, 0.2) is 24.3 Å². The maximum absolute atomic E-state index is 11.8. The molecule has 0 aromatic heterocycles. The number of carbonyl (C=O) groups excluding carboxylic acids is 1. The molecule has 0 radical (unpaired) electrons. The number of carboxylic acid groups (broad SMARTS) is 1. The Morgan fingerprint density at radius 1 is 1.19 bits per heavy atom. The highest BCUT2D eigenvalue weighted by molar-refractivity contribution is 5.89. The van der Waals surface area contributed by atoms with Crippen molar-refractivity contribution in [2.75, 3.05) is 0 Å². The van der Waals surface area contributed by atoms with Gasteiger partial charge in [0.05, 0.1) is 5.56 Å². The molecule has 5 nitrogen and oxygen atoms in total. The largest absolute Gasteiger partial charge is 0.480 e. The molecule has 0 aliphatic carbocycles. The van der Waals surface area contributed by atoms with Gasteiger partial charge in [-0.05, 0) is 44.9 Å². The molecule has 1 atom stereocenters. The van der Waals surface area contributed by atoms with Gasteiger partial charge in [-0.25, -0.2) is 4.79 Å². The number of aliphatic carboxylic acids is 1. The van der Waals surface area contributed by atoms with Crippen LogP contribution in [0.4, 0.5) is 0 Å². The Balaban J connectivity index is 0.00000191. The van der Waals surface area contributed by atoms with Crippen LogP contribution in [0.3, 0.4) is 0 Å². The van der Waals surface area contributed by atoms with Crippen molar-refractivity contribution in [1.82, 2.24) is 0 Å². The summed E-state index contributed by atoms with van der Waals surface area (Å²) in [5, 5.41) is 8.71. The predicted molar refractivity (Wildman–Crippen MR) is 82.3 cm³/mol. The van der Waals surface area contributed by atoms with E-state index in [0.717, 1.165) is 5.56 Å². The fraction of sp³-hybridized carbons (Fsp3) is 0.500. The lowest BCUT2D eigenvalue weighted by molar-refractivity contribution is -0.138. The van der Waals surface area contributed by atoms with E-state index in [-0.39, 0.29) is 6.42 Å². The van der Waals surface area contributed by atoms with E-state index in [0.29, 0.717) is 5.56 Å². The van der Waals surface area contributed by atoms with E-state index in [4.69, 9.17) is 15.6 Å². The SMILES string of the molecule is CC.CC(C)(C)OC(=O)c1ccc(CC(N)C(=O)O)cc1. The number of hydrogen-bond acceptors (Lipinski definition) is 4. The number of carboxylic acids is 1. The van der Waals surface area contributed by atoms with Crippen LogP contribution in [0.25, 0.3) is 0 Å². The highest BCUT2D eigenvalue weighted by atomic mass is 16.6. The van der Waals surface area contributed by atoms with E-state index < -0.39 is 23.6 Å². The number of rotatable bonds is 4. The molecule has 0 amide bonds. The molecule has 0 saturated heterocycles. The number of carbonyl (C=O) groups is 2. The lowest BCUT2D eigenvalue weighted by atomic mass is 10.0. The van der Waals surface area contributed by atoms with Crippen LogP contribution >= 0.6 is 0 Å². The second-order valence-electron chi connectivity index (χ2n) is 5.35. The summed E-state index contributed by atoms with van der Waals surface area (Å²) < 4.78 is 5.23. The minimum Gasteiger partial charge on any atom is -0.480 e. The lowest BCUT2D eigenvalue weighted by Crippen LogP contribution is -2.32. The Bertz CT molecular complexity index is 460. The Labute approximate surface area is 126 Å². The summed E-state index contributed by atoms with van der Waals surface area (Å²) in [6.07, 6.45) is 0.226. The standard InChI is InChI=1S/C14H19NO4.C2H6/c1-14(2,3)19-13(18)10-6-4-9(5-7-10)8-11(15)12(16)17;1-2/h4-7,11H,8,15H2,1-3H3,(H,16,17);1-2H3. The molecule has 0 bridgehead atoms. The fourth-order valence-electron chi connectivity index (χ4n) is 1.46. The molecule has 1 rings (SSSR count). The quantitative estimate of drug-likeness (QED) is 0.833. The van der Waals surface area contributed by atoms with Gasteiger partial charge in [0.15, 0.2) is 0 Å². The van der Waals surface area contributed by atoms with Crippen LogP contribution in [0, 0.1) is 0 Å². The maximum Gasteiger partial charge on any atom is 0.338 e. The molecule has 21 heavy (non-hydrogen) atoms. The first-order chi connectivity index (χ1) is 9.69. The van der Waals surface area contributed by atoms with Gasteiger partial charge in [0.1, 0.15) is 11.6 Å². The first-order valence-corrected chi connectivity index (χ1v) is 7.00. The van der Waals surface area contributed by atoms with Gasteiger partial charge >= 0.3 is 11.9 Å².